The van der Waals surface area contributed by atoms with E-state index < -0.39 is 5.60 Å². The molecule has 0 aliphatic carbocycles. The van der Waals surface area contributed by atoms with E-state index in [1.54, 1.807) is 19.2 Å². The number of aromatic nitrogens is 2. The lowest BCUT2D eigenvalue weighted by Crippen LogP contribution is -2.22. The van der Waals surface area contributed by atoms with Crippen LogP contribution in [0.2, 0.25) is 0 Å². The number of oxime groups is 1. The zero-order valence-corrected chi connectivity index (χ0v) is 14.3. The largest absolute Gasteiger partial charge is 0.497 e. The number of halogens is 1. The quantitative estimate of drug-likeness (QED) is 0.711. The van der Waals surface area contributed by atoms with Crippen molar-refractivity contribution < 1.29 is 18.4 Å². The zero-order chi connectivity index (χ0) is 18.1. The minimum atomic E-state index is -0.847. The number of nitrogens with zero attached hydrogens (tertiary/aromatic N) is 3. The summed E-state index contributed by atoms with van der Waals surface area (Å²) in [7, 11) is 1.62. The van der Waals surface area contributed by atoms with E-state index in [9.17, 15) is 4.39 Å². The summed E-state index contributed by atoms with van der Waals surface area (Å²) in [5.41, 5.74) is 1.52. The number of rotatable bonds is 4. The molecule has 0 fully saturated rings. The van der Waals surface area contributed by atoms with Crippen LogP contribution in [-0.2, 0) is 10.4 Å². The fraction of sp³-hybridized carbons (Fsp3) is 0.211. The van der Waals surface area contributed by atoms with Crippen molar-refractivity contribution in [3.63, 3.8) is 0 Å². The number of methoxy groups -OCH3 is 1. The summed E-state index contributed by atoms with van der Waals surface area (Å²) in [6, 6.07) is 13.4. The first-order chi connectivity index (χ1) is 12.6. The Morgan fingerprint density at radius 1 is 1.00 bits per heavy atom. The van der Waals surface area contributed by atoms with E-state index in [0.29, 0.717) is 23.8 Å². The van der Waals surface area contributed by atoms with Gasteiger partial charge in [-0.1, -0.05) is 5.16 Å². The SMILES string of the molecule is COc1ccc(C2=NOC(C)(c3nnc(-c4ccc(F)cc4)o3)C2)cc1. The summed E-state index contributed by atoms with van der Waals surface area (Å²) >= 11 is 0. The predicted molar refractivity (Wildman–Crippen MR) is 92.3 cm³/mol. The van der Waals surface area contributed by atoms with E-state index in [1.165, 1.54) is 12.1 Å². The Bertz CT molecular complexity index is 951. The van der Waals surface area contributed by atoms with Crippen LogP contribution in [0.15, 0.2) is 58.1 Å². The molecule has 0 radical (unpaired) electrons. The van der Waals surface area contributed by atoms with Crippen LogP contribution in [0.4, 0.5) is 4.39 Å². The Balaban J connectivity index is 1.54. The van der Waals surface area contributed by atoms with Crippen LogP contribution in [0, 0.1) is 5.82 Å². The van der Waals surface area contributed by atoms with E-state index in [1.807, 2.05) is 31.2 Å². The van der Waals surface area contributed by atoms with Gasteiger partial charge >= 0.3 is 0 Å². The summed E-state index contributed by atoms with van der Waals surface area (Å²) < 4.78 is 24.0. The van der Waals surface area contributed by atoms with Crippen LogP contribution >= 0.6 is 0 Å². The maximum Gasteiger partial charge on any atom is 0.263 e. The van der Waals surface area contributed by atoms with Gasteiger partial charge in [0.25, 0.3) is 5.89 Å². The van der Waals surface area contributed by atoms with Crippen LogP contribution in [0.5, 0.6) is 5.75 Å². The minimum absolute atomic E-state index is 0.308. The first-order valence-electron chi connectivity index (χ1n) is 8.07. The maximum atomic E-state index is 13.1. The monoisotopic (exact) mass is 353 g/mol. The van der Waals surface area contributed by atoms with Gasteiger partial charge in [-0.2, -0.15) is 0 Å². The number of hydrogen-bond donors (Lipinski definition) is 0. The van der Waals surface area contributed by atoms with E-state index in [4.69, 9.17) is 14.0 Å². The topological polar surface area (TPSA) is 69.7 Å². The van der Waals surface area contributed by atoms with Crippen molar-refractivity contribution in [3.8, 4) is 17.2 Å². The van der Waals surface area contributed by atoms with Crippen LogP contribution in [0.1, 0.15) is 24.8 Å². The van der Waals surface area contributed by atoms with Gasteiger partial charge in [-0.05, 0) is 61.0 Å². The molecule has 3 aromatic rings. The van der Waals surface area contributed by atoms with Crippen molar-refractivity contribution in [2.75, 3.05) is 7.11 Å². The van der Waals surface area contributed by atoms with Crippen LogP contribution in [0.3, 0.4) is 0 Å². The van der Waals surface area contributed by atoms with E-state index in [0.717, 1.165) is 17.0 Å². The van der Waals surface area contributed by atoms with E-state index >= 15 is 0 Å². The first kappa shape index (κ1) is 16.3. The smallest absolute Gasteiger partial charge is 0.263 e. The number of hydrogen-bond acceptors (Lipinski definition) is 6. The fourth-order valence-electron chi connectivity index (χ4n) is 2.74. The third-order valence-electron chi connectivity index (χ3n) is 4.25. The Labute approximate surface area is 149 Å². The van der Waals surface area contributed by atoms with Crippen LogP contribution < -0.4 is 4.74 Å². The molecule has 0 saturated heterocycles. The van der Waals surface area contributed by atoms with Crippen molar-refractivity contribution in [2.45, 2.75) is 18.9 Å². The standard InChI is InChI=1S/C19H16FN3O3/c1-19(11-16(23-26-19)12-5-9-15(24-2)10-6-12)18-22-21-17(25-18)13-3-7-14(20)8-4-13/h3-10H,11H2,1-2H3. The van der Waals surface area contributed by atoms with Gasteiger partial charge in [-0.3, -0.25) is 0 Å². The third-order valence-corrected chi connectivity index (χ3v) is 4.25. The molecule has 26 heavy (non-hydrogen) atoms. The molecular weight excluding hydrogens is 337 g/mol. The molecule has 1 aliphatic heterocycles. The zero-order valence-electron chi connectivity index (χ0n) is 14.3. The fourth-order valence-corrected chi connectivity index (χ4v) is 2.74. The van der Waals surface area contributed by atoms with Crippen molar-refractivity contribution in [2.24, 2.45) is 5.16 Å². The molecule has 6 nitrogen and oxygen atoms in total. The van der Waals surface area contributed by atoms with Crippen LogP contribution in [-0.4, -0.2) is 23.0 Å². The molecule has 7 heteroatoms. The predicted octanol–water partition coefficient (Wildman–Crippen LogP) is 3.92. The highest BCUT2D eigenvalue weighted by Gasteiger charge is 2.42. The average Bonchev–Trinajstić information content (AvgIpc) is 3.31. The number of benzene rings is 2. The third kappa shape index (κ3) is 2.92. The maximum absolute atomic E-state index is 13.1. The summed E-state index contributed by atoms with van der Waals surface area (Å²) in [5.74, 6) is 1.08. The molecule has 4 rings (SSSR count). The van der Waals surface area contributed by atoms with E-state index in [-0.39, 0.29) is 5.82 Å². The summed E-state index contributed by atoms with van der Waals surface area (Å²) in [6.45, 7) is 1.84. The van der Waals surface area contributed by atoms with Crippen molar-refractivity contribution in [1.82, 2.24) is 10.2 Å². The number of ether oxygens (including phenoxy) is 1. The summed E-state index contributed by atoms with van der Waals surface area (Å²) in [6.07, 6.45) is 0.490. The van der Waals surface area contributed by atoms with Crippen LogP contribution in [0.25, 0.3) is 11.5 Å². The normalized spacial score (nSPS) is 19.1. The van der Waals surface area contributed by atoms with Gasteiger partial charge in [0, 0.05) is 12.0 Å². The molecule has 132 valence electrons. The lowest BCUT2D eigenvalue weighted by molar-refractivity contribution is -0.0276. The second-order valence-electron chi connectivity index (χ2n) is 6.18. The Morgan fingerprint density at radius 2 is 1.69 bits per heavy atom. The Morgan fingerprint density at radius 3 is 2.38 bits per heavy atom. The molecule has 0 spiro atoms. The van der Waals surface area contributed by atoms with Gasteiger partial charge in [-0.15, -0.1) is 10.2 Å². The molecule has 1 aromatic heterocycles. The lowest BCUT2D eigenvalue weighted by atomic mass is 9.96. The highest BCUT2D eigenvalue weighted by Crippen LogP contribution is 2.36. The van der Waals surface area contributed by atoms with Crippen molar-refractivity contribution in [3.05, 3.63) is 65.8 Å². The molecule has 1 aliphatic rings. The van der Waals surface area contributed by atoms with Gasteiger partial charge in [0.1, 0.15) is 11.6 Å². The second kappa shape index (κ2) is 6.25. The van der Waals surface area contributed by atoms with Gasteiger partial charge in [0.15, 0.2) is 0 Å². The highest BCUT2D eigenvalue weighted by molar-refractivity contribution is 6.01. The molecule has 1 atom stereocenters. The second-order valence-corrected chi connectivity index (χ2v) is 6.18. The van der Waals surface area contributed by atoms with E-state index in [2.05, 4.69) is 15.4 Å². The van der Waals surface area contributed by atoms with Crippen molar-refractivity contribution >= 4 is 5.71 Å². The molecule has 0 amide bonds. The summed E-state index contributed by atoms with van der Waals surface area (Å²) in [4.78, 5) is 5.62. The molecular formula is C19H16FN3O3. The molecule has 1 unspecified atom stereocenters. The summed E-state index contributed by atoms with van der Waals surface area (Å²) in [5, 5.41) is 12.3. The molecule has 0 N–H and O–H groups in total. The first-order valence-corrected chi connectivity index (χ1v) is 8.07. The van der Waals surface area contributed by atoms with Gasteiger partial charge in [0.05, 0.1) is 12.8 Å². The average molecular weight is 353 g/mol. The molecule has 0 saturated carbocycles. The highest BCUT2D eigenvalue weighted by atomic mass is 19.1. The molecule has 2 aromatic carbocycles. The Kier molecular flexibility index (Phi) is 3.91. The Hall–Kier alpha value is -3.22. The van der Waals surface area contributed by atoms with Gasteiger partial charge in [-0.25, -0.2) is 4.39 Å². The van der Waals surface area contributed by atoms with Gasteiger partial charge in [0.2, 0.25) is 11.5 Å². The minimum Gasteiger partial charge on any atom is -0.497 e. The molecule has 0 bridgehead atoms. The van der Waals surface area contributed by atoms with Gasteiger partial charge < -0.3 is 14.0 Å². The molecule has 2 heterocycles. The lowest BCUT2D eigenvalue weighted by Gasteiger charge is -2.16. The van der Waals surface area contributed by atoms with Crippen molar-refractivity contribution in [1.29, 1.82) is 0 Å².